The first-order chi connectivity index (χ1) is 8.66. The van der Waals surface area contributed by atoms with Gasteiger partial charge in [-0.3, -0.25) is 4.57 Å². The van der Waals surface area contributed by atoms with Crippen LogP contribution in [0.2, 0.25) is 0 Å². The molecule has 3 nitrogen and oxygen atoms in total. The van der Waals surface area contributed by atoms with E-state index in [2.05, 4.69) is 4.98 Å². The lowest BCUT2D eigenvalue weighted by Crippen LogP contribution is -2.14. The predicted molar refractivity (Wildman–Crippen MR) is 63.8 cm³/mol. The van der Waals surface area contributed by atoms with Crippen molar-refractivity contribution in [2.24, 2.45) is 0 Å². The van der Waals surface area contributed by atoms with Gasteiger partial charge < -0.3 is 4.98 Å². The number of nitrogens with one attached hydrogen (secondary N) is 1. The summed E-state index contributed by atoms with van der Waals surface area (Å²) in [6.45, 7) is 0. The minimum Gasteiger partial charge on any atom is -0.303 e. The molecule has 0 fully saturated rings. The van der Waals surface area contributed by atoms with Crippen molar-refractivity contribution in [1.29, 1.82) is 0 Å². The lowest BCUT2D eigenvalue weighted by molar-refractivity contribution is 0.627. The second-order valence-corrected chi connectivity index (χ2v) is 3.88. The molecule has 1 heterocycles. The summed E-state index contributed by atoms with van der Waals surface area (Å²) in [6, 6.07) is 9.85. The van der Waals surface area contributed by atoms with Crippen LogP contribution in [0.4, 0.5) is 8.78 Å². The Bertz CT molecular complexity index is 772. The number of aromatic amines is 1. The Labute approximate surface area is 100 Å². The van der Waals surface area contributed by atoms with Crippen LogP contribution in [0.3, 0.4) is 0 Å². The standard InChI is InChI=1S/C13H8F2N2O/c14-8-4-6-9(7-5-8)17-11-3-1-2-10(15)12(11)16-13(17)18/h1-7H,(H,16,18). The molecule has 3 aromatic rings. The van der Waals surface area contributed by atoms with Gasteiger partial charge in [0.05, 0.1) is 11.2 Å². The van der Waals surface area contributed by atoms with Crippen LogP contribution in [-0.2, 0) is 0 Å². The summed E-state index contributed by atoms with van der Waals surface area (Å²) >= 11 is 0. The molecule has 0 saturated heterocycles. The number of imidazole rings is 1. The van der Waals surface area contributed by atoms with E-state index in [-0.39, 0.29) is 5.52 Å². The van der Waals surface area contributed by atoms with Gasteiger partial charge in [0.25, 0.3) is 0 Å². The average Bonchev–Trinajstić information content (AvgIpc) is 2.69. The summed E-state index contributed by atoms with van der Waals surface area (Å²) in [6.07, 6.45) is 0. The molecular weight excluding hydrogens is 238 g/mol. The molecule has 90 valence electrons. The molecule has 0 radical (unpaired) electrons. The molecule has 0 atom stereocenters. The SMILES string of the molecule is O=c1[nH]c2c(F)cccc2n1-c1ccc(F)cc1. The van der Waals surface area contributed by atoms with Crippen LogP contribution in [0, 0.1) is 11.6 Å². The van der Waals surface area contributed by atoms with Crippen LogP contribution in [0.15, 0.2) is 47.3 Å². The Morgan fingerprint density at radius 2 is 1.72 bits per heavy atom. The van der Waals surface area contributed by atoms with Crippen molar-refractivity contribution in [1.82, 2.24) is 9.55 Å². The second kappa shape index (κ2) is 3.80. The summed E-state index contributed by atoms with van der Waals surface area (Å²) < 4.78 is 27.7. The van der Waals surface area contributed by atoms with Crippen LogP contribution in [0.25, 0.3) is 16.7 Å². The monoisotopic (exact) mass is 246 g/mol. The zero-order valence-electron chi connectivity index (χ0n) is 9.15. The molecule has 0 amide bonds. The molecule has 1 aromatic heterocycles. The normalized spacial score (nSPS) is 11.0. The molecule has 3 rings (SSSR count). The fraction of sp³-hybridized carbons (Fsp3) is 0. The lowest BCUT2D eigenvalue weighted by atomic mass is 10.2. The maximum atomic E-state index is 13.5. The van der Waals surface area contributed by atoms with Crippen LogP contribution in [0.1, 0.15) is 0 Å². The number of rotatable bonds is 1. The van der Waals surface area contributed by atoms with Crippen molar-refractivity contribution in [2.45, 2.75) is 0 Å². The van der Waals surface area contributed by atoms with Crippen molar-refractivity contribution >= 4 is 11.0 Å². The third-order valence-corrected chi connectivity index (χ3v) is 2.75. The second-order valence-electron chi connectivity index (χ2n) is 3.88. The summed E-state index contributed by atoms with van der Waals surface area (Å²) in [5.41, 5.74) is 0.596. The first kappa shape index (κ1) is 10.7. The van der Waals surface area contributed by atoms with Crippen LogP contribution < -0.4 is 5.69 Å². The van der Waals surface area contributed by atoms with Gasteiger partial charge in [-0.2, -0.15) is 0 Å². The van der Waals surface area contributed by atoms with Gasteiger partial charge in [-0.25, -0.2) is 13.6 Å². The Hall–Kier alpha value is -2.43. The topological polar surface area (TPSA) is 37.8 Å². The summed E-state index contributed by atoms with van der Waals surface area (Å²) in [7, 11) is 0. The van der Waals surface area contributed by atoms with E-state index < -0.39 is 17.3 Å². The quantitative estimate of drug-likeness (QED) is 0.704. The van der Waals surface area contributed by atoms with Gasteiger partial charge >= 0.3 is 5.69 Å². The molecule has 0 unspecified atom stereocenters. The third-order valence-electron chi connectivity index (χ3n) is 2.75. The van der Waals surface area contributed by atoms with Crippen molar-refractivity contribution in [3.8, 4) is 5.69 Å². The van der Waals surface area contributed by atoms with Gasteiger partial charge in [-0.05, 0) is 36.4 Å². The molecular formula is C13H8F2N2O. The maximum absolute atomic E-state index is 13.5. The highest BCUT2D eigenvalue weighted by molar-refractivity contribution is 5.77. The van der Waals surface area contributed by atoms with Crippen molar-refractivity contribution < 1.29 is 8.78 Å². The van der Waals surface area contributed by atoms with Gasteiger partial charge in [-0.15, -0.1) is 0 Å². The van der Waals surface area contributed by atoms with E-state index >= 15 is 0 Å². The summed E-state index contributed by atoms with van der Waals surface area (Å²) in [4.78, 5) is 14.3. The first-order valence-electron chi connectivity index (χ1n) is 5.32. The van der Waals surface area contributed by atoms with E-state index in [0.29, 0.717) is 11.2 Å². The number of H-pyrrole nitrogens is 1. The molecule has 5 heteroatoms. The zero-order valence-corrected chi connectivity index (χ0v) is 9.15. The number of hydrogen-bond acceptors (Lipinski definition) is 1. The Morgan fingerprint density at radius 3 is 2.44 bits per heavy atom. The van der Waals surface area contributed by atoms with Gasteiger partial charge in [0, 0.05) is 0 Å². The van der Waals surface area contributed by atoms with Crippen molar-refractivity contribution in [3.63, 3.8) is 0 Å². The zero-order chi connectivity index (χ0) is 12.7. The number of benzene rings is 2. The smallest absolute Gasteiger partial charge is 0.303 e. The van der Waals surface area contributed by atoms with Crippen molar-refractivity contribution in [2.75, 3.05) is 0 Å². The summed E-state index contributed by atoms with van der Waals surface area (Å²) in [5.74, 6) is -0.886. The molecule has 0 bridgehead atoms. The number of hydrogen-bond donors (Lipinski definition) is 1. The third kappa shape index (κ3) is 1.52. The molecule has 0 aliphatic carbocycles. The number of para-hydroxylation sites is 1. The fourth-order valence-electron chi connectivity index (χ4n) is 1.94. The molecule has 2 aromatic carbocycles. The number of fused-ring (bicyclic) bond motifs is 1. The highest BCUT2D eigenvalue weighted by Gasteiger charge is 2.11. The van der Waals surface area contributed by atoms with E-state index in [9.17, 15) is 13.6 Å². The largest absolute Gasteiger partial charge is 0.331 e. The van der Waals surface area contributed by atoms with E-state index in [0.717, 1.165) is 0 Å². The minimum absolute atomic E-state index is 0.145. The van der Waals surface area contributed by atoms with Gasteiger partial charge in [-0.1, -0.05) is 6.07 Å². The number of halogens is 2. The van der Waals surface area contributed by atoms with Crippen LogP contribution in [0.5, 0.6) is 0 Å². The predicted octanol–water partition coefficient (Wildman–Crippen LogP) is 2.60. The lowest BCUT2D eigenvalue weighted by Gasteiger charge is -2.02. The Kier molecular flexibility index (Phi) is 2.26. The highest BCUT2D eigenvalue weighted by Crippen LogP contribution is 2.17. The van der Waals surface area contributed by atoms with Gasteiger partial charge in [0.15, 0.2) is 0 Å². The number of nitrogens with zero attached hydrogens (tertiary/aromatic N) is 1. The van der Waals surface area contributed by atoms with E-state index in [1.807, 2.05) is 0 Å². The van der Waals surface area contributed by atoms with Crippen molar-refractivity contribution in [3.05, 3.63) is 64.6 Å². The van der Waals surface area contributed by atoms with Crippen LogP contribution in [-0.4, -0.2) is 9.55 Å². The Morgan fingerprint density at radius 1 is 1.00 bits per heavy atom. The summed E-state index contributed by atoms with van der Waals surface area (Å²) in [5, 5.41) is 0. The van der Waals surface area contributed by atoms with Gasteiger partial charge in [0.2, 0.25) is 0 Å². The molecule has 0 saturated carbocycles. The van der Waals surface area contributed by atoms with Gasteiger partial charge in [0.1, 0.15) is 17.2 Å². The fourth-order valence-corrected chi connectivity index (χ4v) is 1.94. The highest BCUT2D eigenvalue weighted by atomic mass is 19.1. The maximum Gasteiger partial charge on any atom is 0.331 e. The number of aromatic nitrogens is 2. The van der Waals surface area contributed by atoms with E-state index in [1.165, 1.54) is 41.0 Å². The van der Waals surface area contributed by atoms with E-state index in [4.69, 9.17) is 0 Å². The average molecular weight is 246 g/mol. The molecule has 18 heavy (non-hydrogen) atoms. The minimum atomic E-state index is -0.495. The first-order valence-corrected chi connectivity index (χ1v) is 5.32. The molecule has 0 aliphatic rings. The molecule has 0 aliphatic heterocycles. The molecule has 1 N–H and O–H groups in total. The Balaban J connectivity index is 2.35. The van der Waals surface area contributed by atoms with Crippen LogP contribution >= 0.6 is 0 Å². The molecule has 0 spiro atoms. The van der Waals surface area contributed by atoms with E-state index in [1.54, 1.807) is 6.07 Å².